The van der Waals surface area contributed by atoms with Crippen LogP contribution in [0.25, 0.3) is 16.3 Å². The van der Waals surface area contributed by atoms with Crippen LogP contribution in [0.3, 0.4) is 0 Å². The topological polar surface area (TPSA) is 36.4 Å². The maximum Gasteiger partial charge on any atom is 0.246 e. The Labute approximate surface area is 159 Å². The smallest absolute Gasteiger partial charge is 0.246 e. The van der Waals surface area contributed by atoms with Gasteiger partial charge in [0.05, 0.1) is 10.2 Å². The van der Waals surface area contributed by atoms with Gasteiger partial charge in [0.2, 0.25) is 5.91 Å². The minimum atomic E-state index is 0.0733. The normalized spacial score (nSPS) is 15.4. The van der Waals surface area contributed by atoms with Crippen molar-refractivity contribution < 1.29 is 4.79 Å². The average Bonchev–Trinajstić information content (AvgIpc) is 3.29. The molecule has 2 aromatic heterocycles. The summed E-state index contributed by atoms with van der Waals surface area (Å²) >= 11 is 9.33. The molecule has 0 radical (unpaired) electrons. The summed E-state index contributed by atoms with van der Waals surface area (Å²) in [5.74, 6) is 0.0733. The second-order valence-electron chi connectivity index (χ2n) is 5.77. The summed E-state index contributed by atoms with van der Waals surface area (Å²) in [7, 11) is 0. The van der Waals surface area contributed by atoms with Crippen LogP contribution in [-0.4, -0.2) is 42.0 Å². The van der Waals surface area contributed by atoms with Crippen molar-refractivity contribution >= 4 is 61.6 Å². The van der Waals surface area contributed by atoms with Gasteiger partial charge in [-0.1, -0.05) is 29.0 Å². The number of amides is 1. The van der Waals surface area contributed by atoms with Crippen LogP contribution < -0.4 is 4.90 Å². The lowest BCUT2D eigenvalue weighted by molar-refractivity contribution is -0.126. The van der Waals surface area contributed by atoms with E-state index in [9.17, 15) is 4.79 Å². The van der Waals surface area contributed by atoms with Gasteiger partial charge in [0.25, 0.3) is 0 Å². The Morgan fingerprint density at radius 1 is 1.20 bits per heavy atom. The summed E-state index contributed by atoms with van der Waals surface area (Å²) in [6.07, 6.45) is 3.55. The Bertz CT molecular complexity index is 912. The van der Waals surface area contributed by atoms with E-state index in [2.05, 4.69) is 9.88 Å². The summed E-state index contributed by atoms with van der Waals surface area (Å²) in [5.41, 5.74) is 0.974. The summed E-state index contributed by atoms with van der Waals surface area (Å²) in [5, 5.41) is 3.74. The van der Waals surface area contributed by atoms with E-state index in [1.165, 1.54) is 0 Å². The fourth-order valence-corrected chi connectivity index (χ4v) is 4.70. The lowest BCUT2D eigenvalue weighted by Crippen LogP contribution is -2.48. The van der Waals surface area contributed by atoms with E-state index in [4.69, 9.17) is 11.6 Å². The van der Waals surface area contributed by atoms with E-state index in [1.807, 2.05) is 46.7 Å². The molecule has 0 N–H and O–H groups in total. The molecule has 25 heavy (non-hydrogen) atoms. The Morgan fingerprint density at radius 2 is 2.04 bits per heavy atom. The first kappa shape index (κ1) is 16.6. The molecular formula is C18H16ClN3OS2. The van der Waals surface area contributed by atoms with Crippen molar-refractivity contribution in [2.45, 2.75) is 0 Å². The van der Waals surface area contributed by atoms with Crippen molar-refractivity contribution in [2.24, 2.45) is 0 Å². The van der Waals surface area contributed by atoms with Crippen molar-refractivity contribution in [3.63, 3.8) is 0 Å². The number of carbonyl (C=O) groups excluding carboxylic acids is 1. The van der Waals surface area contributed by atoms with Gasteiger partial charge in [0.15, 0.2) is 5.13 Å². The number of hydrogen-bond acceptors (Lipinski definition) is 5. The maximum absolute atomic E-state index is 12.3. The minimum absolute atomic E-state index is 0.0733. The molecule has 0 saturated carbocycles. The number of rotatable bonds is 3. The van der Waals surface area contributed by atoms with Crippen LogP contribution in [0.15, 0.2) is 41.8 Å². The number of halogens is 1. The summed E-state index contributed by atoms with van der Waals surface area (Å²) in [6, 6.07) is 9.76. The van der Waals surface area contributed by atoms with Gasteiger partial charge in [-0.15, -0.1) is 11.3 Å². The molecule has 1 saturated heterocycles. The first-order valence-corrected chi connectivity index (χ1v) is 10.1. The highest BCUT2D eigenvalue weighted by molar-refractivity contribution is 7.22. The maximum atomic E-state index is 12.3. The number of thiazole rings is 1. The number of hydrogen-bond donors (Lipinski definition) is 0. The SMILES string of the molecule is O=C(/C=C/c1cccs1)N1CCN(c2nc3ccc(Cl)cc3s2)CC1. The Kier molecular flexibility index (Phi) is 4.74. The molecule has 0 unspecified atom stereocenters. The van der Waals surface area contributed by atoms with E-state index in [0.717, 1.165) is 38.3 Å². The Balaban J connectivity index is 1.39. The standard InChI is InChI=1S/C18H16ClN3OS2/c19-13-3-5-15-16(12-13)25-18(20-15)22-9-7-21(8-10-22)17(23)6-4-14-2-1-11-24-14/h1-6,11-12H,7-10H2/b6-4+. The third-order valence-corrected chi connectivity index (χ3v) is 6.29. The quantitative estimate of drug-likeness (QED) is 0.624. The number of piperazine rings is 1. The van der Waals surface area contributed by atoms with Gasteiger partial charge in [0, 0.05) is 42.2 Å². The molecule has 1 fully saturated rings. The fourth-order valence-electron chi connectivity index (χ4n) is 2.78. The molecule has 128 valence electrons. The third kappa shape index (κ3) is 3.71. The Morgan fingerprint density at radius 3 is 2.80 bits per heavy atom. The average molecular weight is 390 g/mol. The molecule has 3 heterocycles. The van der Waals surface area contributed by atoms with Crippen LogP contribution in [-0.2, 0) is 4.79 Å². The largest absolute Gasteiger partial charge is 0.345 e. The van der Waals surface area contributed by atoms with Gasteiger partial charge in [-0.2, -0.15) is 0 Å². The number of benzene rings is 1. The van der Waals surface area contributed by atoms with Gasteiger partial charge in [-0.25, -0.2) is 4.98 Å². The molecule has 1 aliphatic heterocycles. The molecule has 1 amide bonds. The van der Waals surface area contributed by atoms with Crippen molar-refractivity contribution in [1.82, 2.24) is 9.88 Å². The van der Waals surface area contributed by atoms with Crippen LogP contribution in [0.2, 0.25) is 5.02 Å². The summed E-state index contributed by atoms with van der Waals surface area (Å²) in [4.78, 5) is 22.2. The van der Waals surface area contributed by atoms with Crippen LogP contribution in [0.5, 0.6) is 0 Å². The monoisotopic (exact) mass is 389 g/mol. The predicted octanol–water partition coefficient (Wildman–Crippen LogP) is 4.37. The first-order valence-electron chi connectivity index (χ1n) is 8.00. The number of thiophene rings is 1. The second-order valence-corrected chi connectivity index (χ2v) is 8.19. The zero-order valence-electron chi connectivity index (χ0n) is 13.4. The molecule has 0 atom stereocenters. The van der Waals surface area contributed by atoms with Crippen molar-refractivity contribution in [1.29, 1.82) is 0 Å². The molecule has 4 rings (SSSR count). The minimum Gasteiger partial charge on any atom is -0.345 e. The molecule has 0 bridgehead atoms. The summed E-state index contributed by atoms with van der Waals surface area (Å²) < 4.78 is 1.10. The molecule has 7 heteroatoms. The van der Waals surface area contributed by atoms with E-state index in [-0.39, 0.29) is 5.91 Å². The fraction of sp³-hybridized carbons (Fsp3) is 0.222. The third-order valence-electron chi connectivity index (χ3n) is 4.13. The molecule has 4 nitrogen and oxygen atoms in total. The van der Waals surface area contributed by atoms with E-state index in [0.29, 0.717) is 13.1 Å². The predicted molar refractivity (Wildman–Crippen MR) is 107 cm³/mol. The Hall–Kier alpha value is -1.89. The van der Waals surface area contributed by atoms with Crippen LogP contribution in [0, 0.1) is 0 Å². The van der Waals surface area contributed by atoms with Gasteiger partial charge in [-0.3, -0.25) is 4.79 Å². The first-order chi connectivity index (χ1) is 12.2. The highest BCUT2D eigenvalue weighted by Crippen LogP contribution is 2.31. The van der Waals surface area contributed by atoms with Gasteiger partial charge in [-0.05, 0) is 35.7 Å². The van der Waals surface area contributed by atoms with Crippen LogP contribution >= 0.6 is 34.3 Å². The highest BCUT2D eigenvalue weighted by atomic mass is 35.5. The molecule has 0 spiro atoms. The second kappa shape index (κ2) is 7.15. The molecule has 1 aliphatic rings. The molecule has 1 aromatic carbocycles. The lowest BCUT2D eigenvalue weighted by atomic mass is 10.3. The van der Waals surface area contributed by atoms with Crippen molar-refractivity contribution in [3.05, 3.63) is 51.7 Å². The molecule has 3 aromatic rings. The molecule has 0 aliphatic carbocycles. The number of anilines is 1. The number of carbonyl (C=O) groups is 1. The van der Waals surface area contributed by atoms with Gasteiger partial charge in [0.1, 0.15) is 0 Å². The zero-order valence-corrected chi connectivity index (χ0v) is 15.8. The van der Waals surface area contributed by atoms with E-state index < -0.39 is 0 Å². The molecular weight excluding hydrogens is 374 g/mol. The van der Waals surface area contributed by atoms with Crippen molar-refractivity contribution in [3.8, 4) is 0 Å². The number of nitrogens with zero attached hydrogens (tertiary/aromatic N) is 3. The van der Waals surface area contributed by atoms with Crippen LogP contribution in [0.1, 0.15) is 4.88 Å². The number of fused-ring (bicyclic) bond motifs is 1. The van der Waals surface area contributed by atoms with Gasteiger partial charge < -0.3 is 9.80 Å². The van der Waals surface area contributed by atoms with Crippen molar-refractivity contribution in [2.75, 3.05) is 31.1 Å². The highest BCUT2D eigenvalue weighted by Gasteiger charge is 2.22. The zero-order chi connectivity index (χ0) is 17.2. The van der Waals surface area contributed by atoms with Gasteiger partial charge >= 0.3 is 0 Å². The van der Waals surface area contributed by atoms with Crippen LogP contribution in [0.4, 0.5) is 5.13 Å². The van der Waals surface area contributed by atoms with E-state index in [1.54, 1.807) is 28.7 Å². The summed E-state index contributed by atoms with van der Waals surface area (Å²) in [6.45, 7) is 3.02. The lowest BCUT2D eigenvalue weighted by Gasteiger charge is -2.34. The number of aromatic nitrogens is 1. The van der Waals surface area contributed by atoms with E-state index >= 15 is 0 Å².